The minimum absolute atomic E-state index is 0.594. The van der Waals surface area contributed by atoms with E-state index in [4.69, 9.17) is 0 Å². The second-order valence-electron chi connectivity index (χ2n) is 7.73. The Morgan fingerprint density at radius 1 is 0.800 bits per heavy atom. The van der Waals surface area contributed by atoms with Crippen LogP contribution in [0.3, 0.4) is 0 Å². The van der Waals surface area contributed by atoms with Crippen LogP contribution in [0.5, 0.6) is 0 Å². The van der Waals surface area contributed by atoms with E-state index in [1.807, 2.05) is 25.2 Å². The van der Waals surface area contributed by atoms with Crippen molar-refractivity contribution in [1.29, 1.82) is 0 Å². The van der Waals surface area contributed by atoms with E-state index in [0.717, 1.165) is 12.8 Å². The summed E-state index contributed by atoms with van der Waals surface area (Å²) in [6.45, 7) is 6.21. The van der Waals surface area contributed by atoms with Crippen LogP contribution >= 0.6 is 11.3 Å². The molecule has 0 bridgehead atoms. The first-order chi connectivity index (χ1) is 14.8. The van der Waals surface area contributed by atoms with E-state index in [9.17, 15) is 0 Å². The Kier molecular flexibility index (Phi) is 6.50. The van der Waals surface area contributed by atoms with E-state index in [1.54, 1.807) is 0 Å². The van der Waals surface area contributed by atoms with Gasteiger partial charge in [0.25, 0.3) is 0 Å². The summed E-state index contributed by atoms with van der Waals surface area (Å²) in [4.78, 5) is 0. The number of thiophene rings is 1. The van der Waals surface area contributed by atoms with Crippen LogP contribution in [-0.2, 0) is 0 Å². The van der Waals surface area contributed by atoms with Crippen LogP contribution < -0.4 is 0 Å². The van der Waals surface area contributed by atoms with Crippen molar-refractivity contribution in [2.24, 2.45) is 0 Å². The SMILES string of the molecule is CC.CC1=C/CC(c2cccc3c2sc2c(-c4ccccc4)cccc23)CC/C=C\1. The first-order valence-corrected chi connectivity index (χ1v) is 12.0. The summed E-state index contributed by atoms with van der Waals surface area (Å²) in [6, 6.07) is 24.5. The van der Waals surface area contributed by atoms with Crippen LogP contribution in [0.2, 0.25) is 0 Å². The average Bonchev–Trinajstić information content (AvgIpc) is 3.18. The highest BCUT2D eigenvalue weighted by Crippen LogP contribution is 2.44. The highest BCUT2D eigenvalue weighted by Gasteiger charge is 2.18. The van der Waals surface area contributed by atoms with Crippen LogP contribution in [0.1, 0.15) is 51.5 Å². The van der Waals surface area contributed by atoms with Crippen LogP contribution in [0, 0.1) is 0 Å². The Bertz CT molecular complexity index is 1190. The molecule has 152 valence electrons. The Morgan fingerprint density at radius 2 is 1.53 bits per heavy atom. The van der Waals surface area contributed by atoms with E-state index >= 15 is 0 Å². The molecule has 0 amide bonds. The summed E-state index contributed by atoms with van der Waals surface area (Å²) in [5.41, 5.74) is 5.56. The number of benzene rings is 3. The van der Waals surface area contributed by atoms with Gasteiger partial charge in [-0.25, -0.2) is 0 Å². The molecule has 30 heavy (non-hydrogen) atoms. The number of hydrogen-bond donors (Lipinski definition) is 0. The lowest BCUT2D eigenvalue weighted by atomic mass is 9.88. The van der Waals surface area contributed by atoms with Crippen molar-refractivity contribution in [1.82, 2.24) is 0 Å². The molecule has 0 radical (unpaired) electrons. The van der Waals surface area contributed by atoms with Crippen LogP contribution in [0.15, 0.2) is 90.5 Å². The first kappa shape index (κ1) is 20.6. The maximum absolute atomic E-state index is 2.40. The van der Waals surface area contributed by atoms with Crippen molar-refractivity contribution in [3.63, 3.8) is 0 Å². The molecule has 1 atom stereocenters. The Morgan fingerprint density at radius 3 is 2.33 bits per heavy atom. The molecule has 0 saturated heterocycles. The molecule has 1 unspecified atom stereocenters. The van der Waals surface area contributed by atoms with Crippen molar-refractivity contribution in [3.05, 3.63) is 96.1 Å². The molecule has 0 nitrogen and oxygen atoms in total. The maximum atomic E-state index is 2.40. The monoisotopic (exact) mass is 410 g/mol. The third-order valence-corrected chi connectivity index (χ3v) is 7.17. The Balaban J connectivity index is 0.00000106. The molecule has 0 N–H and O–H groups in total. The largest absolute Gasteiger partial charge is 0.134 e. The van der Waals surface area contributed by atoms with E-state index in [0.29, 0.717) is 5.92 Å². The molecule has 1 aliphatic rings. The van der Waals surface area contributed by atoms with Crippen molar-refractivity contribution < 1.29 is 0 Å². The molecule has 0 aliphatic heterocycles. The first-order valence-electron chi connectivity index (χ1n) is 11.1. The number of fused-ring (bicyclic) bond motifs is 3. The molecule has 0 spiro atoms. The van der Waals surface area contributed by atoms with Gasteiger partial charge in [-0.05, 0) is 48.8 Å². The summed E-state index contributed by atoms with van der Waals surface area (Å²) in [5.74, 6) is 0.594. The zero-order valence-electron chi connectivity index (χ0n) is 18.2. The Hall–Kier alpha value is -2.64. The number of rotatable bonds is 2. The van der Waals surface area contributed by atoms with Gasteiger partial charge in [-0.2, -0.15) is 0 Å². The molecule has 5 rings (SSSR count). The van der Waals surface area contributed by atoms with E-state index in [2.05, 4.69) is 91.9 Å². The predicted molar refractivity (Wildman–Crippen MR) is 136 cm³/mol. The standard InChI is InChI=1S/C27H24S.C2H6/c1-19-9-5-6-12-21(18-17-19)23-14-8-16-25-24-15-7-13-22(26(24)28-27(23)25)20-10-3-2-4-11-20;1-2/h2-5,7-11,13-17,21H,6,12,18H2,1H3;1-2H3/b9-5-,19-17-;. The third-order valence-electron chi connectivity index (χ3n) is 5.87. The van der Waals surface area contributed by atoms with Gasteiger partial charge in [-0.3, -0.25) is 0 Å². The van der Waals surface area contributed by atoms with Gasteiger partial charge in [0.15, 0.2) is 0 Å². The fourth-order valence-corrected chi connectivity index (χ4v) is 5.80. The predicted octanol–water partition coefficient (Wildman–Crippen LogP) is 9.52. The minimum Gasteiger partial charge on any atom is -0.134 e. The lowest BCUT2D eigenvalue weighted by Crippen LogP contribution is -1.99. The van der Waals surface area contributed by atoms with Crippen LogP contribution in [0.25, 0.3) is 31.3 Å². The van der Waals surface area contributed by atoms with Crippen molar-refractivity contribution in [2.45, 2.75) is 46.0 Å². The smallest absolute Gasteiger partial charge is 0.0433 e. The normalized spacial score (nSPS) is 19.3. The van der Waals surface area contributed by atoms with Crippen molar-refractivity contribution >= 4 is 31.5 Å². The molecule has 1 heterocycles. The van der Waals surface area contributed by atoms with Gasteiger partial charge in [-0.15, -0.1) is 11.3 Å². The molecule has 0 fully saturated rings. The molecule has 1 heteroatoms. The summed E-state index contributed by atoms with van der Waals surface area (Å²) >= 11 is 1.98. The summed E-state index contributed by atoms with van der Waals surface area (Å²) in [6.07, 6.45) is 10.5. The summed E-state index contributed by atoms with van der Waals surface area (Å²) in [7, 11) is 0. The fourth-order valence-electron chi connectivity index (χ4n) is 4.37. The van der Waals surface area contributed by atoms with Gasteiger partial charge >= 0.3 is 0 Å². The summed E-state index contributed by atoms with van der Waals surface area (Å²) in [5, 5.41) is 2.80. The van der Waals surface area contributed by atoms with Crippen molar-refractivity contribution in [3.8, 4) is 11.1 Å². The molecular formula is C29H30S. The average molecular weight is 411 g/mol. The molecule has 1 aromatic heterocycles. The second kappa shape index (κ2) is 9.45. The van der Waals surface area contributed by atoms with Gasteiger partial charge in [0.2, 0.25) is 0 Å². The zero-order valence-corrected chi connectivity index (χ0v) is 19.0. The lowest BCUT2D eigenvalue weighted by molar-refractivity contribution is 0.641. The maximum Gasteiger partial charge on any atom is 0.0433 e. The van der Waals surface area contributed by atoms with Crippen LogP contribution in [0.4, 0.5) is 0 Å². The second-order valence-corrected chi connectivity index (χ2v) is 8.76. The van der Waals surface area contributed by atoms with Gasteiger partial charge in [0.05, 0.1) is 0 Å². The fraction of sp³-hybridized carbons (Fsp3) is 0.241. The van der Waals surface area contributed by atoms with Gasteiger partial charge in [0, 0.05) is 20.2 Å². The number of allylic oxidation sites excluding steroid dienone is 4. The van der Waals surface area contributed by atoms with Crippen molar-refractivity contribution in [2.75, 3.05) is 0 Å². The topological polar surface area (TPSA) is 0 Å². The highest BCUT2D eigenvalue weighted by atomic mass is 32.1. The molecular weight excluding hydrogens is 380 g/mol. The summed E-state index contributed by atoms with van der Waals surface area (Å²) < 4.78 is 2.88. The zero-order chi connectivity index (χ0) is 20.9. The molecule has 4 aromatic rings. The molecule has 1 aliphatic carbocycles. The molecule has 3 aromatic carbocycles. The van der Waals surface area contributed by atoms with E-state index < -0.39 is 0 Å². The highest BCUT2D eigenvalue weighted by molar-refractivity contribution is 7.26. The minimum atomic E-state index is 0.594. The molecule has 0 saturated carbocycles. The van der Waals surface area contributed by atoms with E-state index in [1.165, 1.54) is 48.9 Å². The van der Waals surface area contributed by atoms with Gasteiger partial charge in [-0.1, -0.05) is 104 Å². The quantitative estimate of drug-likeness (QED) is 0.308. The van der Waals surface area contributed by atoms with Crippen LogP contribution in [-0.4, -0.2) is 0 Å². The lowest BCUT2D eigenvalue weighted by Gasteiger charge is -2.17. The van der Waals surface area contributed by atoms with Gasteiger partial charge < -0.3 is 0 Å². The van der Waals surface area contributed by atoms with E-state index in [-0.39, 0.29) is 0 Å². The third kappa shape index (κ3) is 4.00. The Labute approximate surface area is 184 Å². The number of hydrogen-bond acceptors (Lipinski definition) is 1. The van der Waals surface area contributed by atoms with Gasteiger partial charge in [0.1, 0.15) is 0 Å².